The number of ether oxygens (including phenoxy) is 1. The molecule has 0 aliphatic heterocycles. The average molecular weight is 582 g/mol. The minimum absolute atomic E-state index is 0.0434. The molecule has 0 saturated carbocycles. The van der Waals surface area contributed by atoms with Crippen LogP contribution in [-0.4, -0.2) is 43.4 Å². The van der Waals surface area contributed by atoms with Crippen molar-refractivity contribution in [2.24, 2.45) is 0 Å². The lowest BCUT2D eigenvalue weighted by atomic mass is 9.97. The van der Waals surface area contributed by atoms with Gasteiger partial charge in [0.25, 0.3) is 0 Å². The third-order valence-electron chi connectivity index (χ3n) is 4.38. The van der Waals surface area contributed by atoms with Crippen molar-refractivity contribution in [3.8, 4) is 29.8 Å². The number of rotatable bonds is 7. The Morgan fingerprint density at radius 2 is 1.76 bits per heavy atom. The van der Waals surface area contributed by atoms with Gasteiger partial charge in [0.15, 0.2) is 0 Å². The van der Waals surface area contributed by atoms with Crippen molar-refractivity contribution < 1.29 is 9.15 Å². The number of nitriles is 1. The maximum absolute atomic E-state index is 12.0. The van der Waals surface area contributed by atoms with Crippen molar-refractivity contribution in [1.82, 2.24) is 24.7 Å². The van der Waals surface area contributed by atoms with Gasteiger partial charge in [-0.05, 0) is 38.4 Å². The molecule has 1 aromatic carbocycles. The molecule has 202 valence electrons. The number of benzene rings is 1. The van der Waals surface area contributed by atoms with E-state index in [0.29, 0.717) is 29.8 Å². The van der Waals surface area contributed by atoms with Crippen LogP contribution in [0.4, 0.5) is 11.9 Å². The van der Waals surface area contributed by atoms with Crippen LogP contribution in [0.3, 0.4) is 0 Å². The summed E-state index contributed by atoms with van der Waals surface area (Å²) in [6.07, 6.45) is 5.15. The van der Waals surface area contributed by atoms with Crippen molar-refractivity contribution in [2.75, 3.05) is 23.8 Å². The first-order valence-corrected chi connectivity index (χ1v) is 12.3. The number of halogens is 3. The van der Waals surface area contributed by atoms with Crippen LogP contribution in [0.2, 0.25) is 15.3 Å². The predicted octanol–water partition coefficient (Wildman–Crippen LogP) is 5.11. The zero-order valence-electron chi connectivity index (χ0n) is 21.7. The number of hydrogen-bond acceptors (Lipinski definition) is 10. The van der Waals surface area contributed by atoms with Crippen molar-refractivity contribution in [2.45, 2.75) is 52.5 Å². The van der Waals surface area contributed by atoms with E-state index in [0.717, 1.165) is 4.68 Å². The van der Waals surface area contributed by atoms with Gasteiger partial charge in [0.1, 0.15) is 17.9 Å². The summed E-state index contributed by atoms with van der Waals surface area (Å²) in [5.41, 5.74) is -0.859. The molecule has 3 aromatic rings. The quantitative estimate of drug-likeness (QED) is 0.361. The summed E-state index contributed by atoms with van der Waals surface area (Å²) in [5.74, 6) is 2.97. The van der Waals surface area contributed by atoms with Crippen molar-refractivity contribution in [3.05, 3.63) is 43.9 Å². The summed E-state index contributed by atoms with van der Waals surface area (Å²) in [7, 11) is 0. The highest BCUT2D eigenvalue weighted by Gasteiger charge is 2.24. The van der Waals surface area contributed by atoms with E-state index in [1.807, 2.05) is 27.7 Å². The maximum Gasteiger partial charge on any atom is 0.442 e. The highest BCUT2D eigenvalue weighted by molar-refractivity contribution is 6.36. The van der Waals surface area contributed by atoms with E-state index < -0.39 is 16.7 Å². The summed E-state index contributed by atoms with van der Waals surface area (Å²) in [4.78, 5) is 23.9. The second-order valence-corrected chi connectivity index (χ2v) is 10.4. The van der Waals surface area contributed by atoms with Crippen LogP contribution in [0, 0.1) is 23.7 Å². The summed E-state index contributed by atoms with van der Waals surface area (Å²) < 4.78 is 11.6. The Labute approximate surface area is 235 Å². The van der Waals surface area contributed by atoms with Gasteiger partial charge in [-0.15, -0.1) is 11.5 Å². The molecule has 0 aliphatic rings. The number of aromatic nitrogens is 5. The fourth-order valence-electron chi connectivity index (χ4n) is 2.59. The smallest absolute Gasteiger partial charge is 0.442 e. The first kappa shape index (κ1) is 30.7. The van der Waals surface area contributed by atoms with E-state index in [1.165, 1.54) is 12.1 Å². The van der Waals surface area contributed by atoms with E-state index >= 15 is 0 Å². The molecule has 14 heteroatoms. The summed E-state index contributed by atoms with van der Waals surface area (Å²) in [5, 5.41) is 19.4. The molecule has 0 unspecified atom stereocenters. The zero-order chi connectivity index (χ0) is 28.7. The first-order valence-electron chi connectivity index (χ1n) is 11.2. The van der Waals surface area contributed by atoms with E-state index in [1.54, 1.807) is 13.8 Å². The standard InChI is InChI=1S/C15H14Cl2N2O3.C9H13ClN6/c1-5-6-21-12-8-11(9(16)7-10(12)17)19-14(20)22-13(18-19)15(2,3)4;1-4-12-7-13-6(10)14-8(15-7)16-9(2,3)5-11/h1,7-8H,6H2,2-4H3;4H2,1-3H3,(H2,12,13,14,15,16). The molecular formula is C24H27Cl3N8O3. The Morgan fingerprint density at radius 3 is 2.32 bits per heavy atom. The van der Waals surface area contributed by atoms with Gasteiger partial charge in [-0.1, -0.05) is 49.9 Å². The molecule has 0 radical (unpaired) electrons. The third kappa shape index (κ3) is 8.52. The Morgan fingerprint density at radius 1 is 1.11 bits per heavy atom. The number of anilines is 2. The lowest BCUT2D eigenvalue weighted by Gasteiger charge is -2.17. The minimum Gasteiger partial charge on any atom is -0.479 e. The Balaban J connectivity index is 0.000000281. The molecule has 0 amide bonds. The van der Waals surface area contributed by atoms with Crippen molar-refractivity contribution in [3.63, 3.8) is 0 Å². The second kappa shape index (κ2) is 12.8. The van der Waals surface area contributed by atoms with E-state index in [-0.39, 0.29) is 27.9 Å². The minimum atomic E-state index is -0.756. The van der Waals surface area contributed by atoms with Gasteiger partial charge < -0.3 is 19.8 Å². The van der Waals surface area contributed by atoms with Crippen molar-refractivity contribution >= 4 is 46.7 Å². The van der Waals surface area contributed by atoms with Crippen LogP contribution in [0.25, 0.3) is 5.69 Å². The van der Waals surface area contributed by atoms with Gasteiger partial charge in [-0.3, -0.25) is 0 Å². The normalized spacial score (nSPS) is 11.0. The van der Waals surface area contributed by atoms with Gasteiger partial charge in [0, 0.05) is 18.0 Å². The topological polar surface area (TPSA) is 144 Å². The summed E-state index contributed by atoms with van der Waals surface area (Å²) in [6, 6.07) is 5.04. The molecule has 0 bridgehead atoms. The monoisotopic (exact) mass is 580 g/mol. The van der Waals surface area contributed by atoms with Gasteiger partial charge >= 0.3 is 5.76 Å². The SMILES string of the molecule is C#CCOc1cc(-n2nc(C(C)(C)C)oc2=O)c(Cl)cc1Cl.CCNc1nc(Cl)nc(NC(C)(C)C#N)n1. The summed E-state index contributed by atoms with van der Waals surface area (Å²) in [6.45, 7) is 11.7. The zero-order valence-corrected chi connectivity index (χ0v) is 24.0. The molecule has 38 heavy (non-hydrogen) atoms. The predicted molar refractivity (Wildman–Crippen MR) is 147 cm³/mol. The second-order valence-electron chi connectivity index (χ2n) is 9.21. The lowest BCUT2D eigenvalue weighted by molar-refractivity contribution is 0.370. The molecule has 0 saturated heterocycles. The van der Waals surface area contributed by atoms with E-state index in [4.69, 9.17) is 55.6 Å². The van der Waals surface area contributed by atoms with Crippen LogP contribution < -0.4 is 21.1 Å². The highest BCUT2D eigenvalue weighted by atomic mass is 35.5. The van der Waals surface area contributed by atoms with Gasteiger partial charge in [0.2, 0.25) is 23.1 Å². The fraction of sp³-hybridized carbons (Fsp3) is 0.417. The van der Waals surface area contributed by atoms with E-state index in [9.17, 15) is 4.79 Å². The summed E-state index contributed by atoms with van der Waals surface area (Å²) >= 11 is 17.9. The number of terminal acetylenes is 1. The molecule has 2 heterocycles. The number of nitrogens with one attached hydrogen (secondary N) is 2. The first-order chi connectivity index (χ1) is 17.7. The Hall–Kier alpha value is -3.51. The molecule has 3 rings (SSSR count). The molecular weight excluding hydrogens is 555 g/mol. The molecule has 0 atom stereocenters. The largest absolute Gasteiger partial charge is 0.479 e. The lowest BCUT2D eigenvalue weighted by Crippen LogP contribution is -2.29. The van der Waals surface area contributed by atoms with Crippen LogP contribution >= 0.6 is 34.8 Å². The van der Waals surface area contributed by atoms with Crippen LogP contribution in [0.1, 0.15) is 47.4 Å². The average Bonchev–Trinajstić information content (AvgIpc) is 3.20. The van der Waals surface area contributed by atoms with Crippen LogP contribution in [-0.2, 0) is 5.41 Å². The third-order valence-corrected chi connectivity index (χ3v) is 5.14. The fourth-order valence-corrected chi connectivity index (χ4v) is 3.27. The number of nitrogens with zero attached hydrogens (tertiary/aromatic N) is 6. The molecule has 2 N–H and O–H groups in total. The Kier molecular flexibility index (Phi) is 10.4. The van der Waals surface area contributed by atoms with Gasteiger partial charge in [-0.2, -0.15) is 24.9 Å². The van der Waals surface area contributed by atoms with Crippen LogP contribution in [0.15, 0.2) is 21.3 Å². The van der Waals surface area contributed by atoms with Crippen LogP contribution in [0.5, 0.6) is 5.75 Å². The molecule has 0 aliphatic carbocycles. The van der Waals surface area contributed by atoms with Gasteiger partial charge in [-0.25, -0.2) is 4.79 Å². The van der Waals surface area contributed by atoms with E-state index in [2.05, 4.69) is 42.7 Å². The number of hydrogen-bond donors (Lipinski definition) is 2. The van der Waals surface area contributed by atoms with Crippen molar-refractivity contribution in [1.29, 1.82) is 5.26 Å². The molecule has 0 spiro atoms. The van der Waals surface area contributed by atoms with Gasteiger partial charge in [0.05, 0.1) is 21.8 Å². The molecule has 2 aromatic heterocycles. The highest BCUT2D eigenvalue weighted by Crippen LogP contribution is 2.33. The molecule has 11 nitrogen and oxygen atoms in total. The Bertz CT molecular complexity index is 1420. The maximum atomic E-state index is 12.0. The molecule has 0 fully saturated rings.